The molecule has 0 bridgehead atoms. The number of hydrogen-bond donors (Lipinski definition) is 1. The normalized spacial score (nSPS) is 14.1. The van der Waals surface area contributed by atoms with E-state index in [1.54, 1.807) is 23.5 Å². The summed E-state index contributed by atoms with van der Waals surface area (Å²) in [5.74, 6) is 0.286. The van der Waals surface area contributed by atoms with Crippen LogP contribution in [0.4, 0.5) is 0 Å². The Labute approximate surface area is 560 Å². The monoisotopic (exact) mass is 1400 g/mol. The van der Waals surface area contributed by atoms with Crippen molar-refractivity contribution in [1.29, 1.82) is 0 Å². The Kier molecular flexibility index (Phi) is 17.9. The number of allylic oxidation sites excluding steroid dienone is 2. The van der Waals surface area contributed by atoms with Crippen LogP contribution in [0.3, 0.4) is 0 Å². The van der Waals surface area contributed by atoms with Gasteiger partial charge in [-0.3, -0.25) is 14.8 Å². The van der Waals surface area contributed by atoms with Crippen molar-refractivity contribution in [3.8, 4) is 22.5 Å². The Balaban J connectivity index is 0.000000176. The molecule has 2 aliphatic heterocycles. The maximum atomic E-state index is 12.2. The van der Waals surface area contributed by atoms with E-state index in [0.29, 0.717) is 0 Å². The van der Waals surface area contributed by atoms with Crippen molar-refractivity contribution >= 4 is 93.9 Å². The molecule has 12 rings (SSSR count). The number of carbonyl (C=O) groups is 1. The molecule has 0 saturated carbocycles. The molecule has 0 atom stereocenters. The van der Waals surface area contributed by atoms with Gasteiger partial charge in [0.2, 0.25) is 0 Å². The zero-order chi connectivity index (χ0) is 67.1. The average Bonchev–Trinajstić information content (AvgIpc) is 0.716. The average molecular weight is 1400 g/mol. The smallest absolute Gasteiger partial charge is 0.164 e. The summed E-state index contributed by atoms with van der Waals surface area (Å²) in [5, 5.41) is 22.9. The summed E-state index contributed by atoms with van der Waals surface area (Å²) in [4.78, 5) is 26.3. The van der Waals surface area contributed by atoms with Crippen LogP contribution in [0, 0.1) is 51.5 Å². The molecule has 0 amide bonds. The van der Waals surface area contributed by atoms with Gasteiger partial charge in [-0.25, -0.2) is 0 Å². The quantitative estimate of drug-likeness (QED) is 0.0603. The largest absolute Gasteiger partial charge is 0.512 e. The third kappa shape index (κ3) is 14.0. The van der Waals surface area contributed by atoms with E-state index in [2.05, 4.69) is 193 Å². The molecule has 1 N–H and O–H groups in total. The van der Waals surface area contributed by atoms with E-state index in [1.165, 1.54) is 65.2 Å². The van der Waals surface area contributed by atoms with Crippen molar-refractivity contribution in [2.45, 2.75) is 202 Å². The molecule has 467 valence electrons. The van der Waals surface area contributed by atoms with Gasteiger partial charge in [-0.2, -0.15) is 0 Å². The van der Waals surface area contributed by atoms with Crippen molar-refractivity contribution in [3.63, 3.8) is 0 Å². The third-order valence-electron chi connectivity index (χ3n) is 18.3. The molecule has 0 aliphatic carbocycles. The molecule has 8 aromatic carbocycles. The molecule has 4 nitrogen and oxygen atoms in total. The summed E-state index contributed by atoms with van der Waals surface area (Å²) in [7, 11) is 0. The fourth-order valence-corrected chi connectivity index (χ4v) is 15.2. The number of aromatic nitrogens is 2. The number of aliphatic hydroxyl groups is 1. The fraction of sp³-hybridized carbons (Fsp3) is 0.402. The van der Waals surface area contributed by atoms with Gasteiger partial charge >= 0.3 is 0 Å². The van der Waals surface area contributed by atoms with Crippen LogP contribution < -0.4 is 0 Å². The van der Waals surface area contributed by atoms with Crippen molar-refractivity contribution in [1.82, 2.24) is 9.97 Å². The minimum absolute atomic E-state index is 0. The predicted molar refractivity (Wildman–Crippen MR) is 381 cm³/mol. The zero-order valence-corrected chi connectivity index (χ0v) is 60.3. The fourth-order valence-electron chi connectivity index (χ4n) is 12.7. The van der Waals surface area contributed by atoms with E-state index in [0.717, 1.165) is 127 Å². The van der Waals surface area contributed by atoms with Gasteiger partial charge in [0.25, 0.3) is 0 Å². The number of nitrogens with zero attached hydrogens (tertiary/aromatic N) is 2. The minimum atomic E-state index is -0.337. The molecular formula is C82H94IrN2O2S2-2. The minimum Gasteiger partial charge on any atom is -0.512 e. The first-order chi connectivity index (χ1) is 43.0. The predicted octanol–water partition coefficient (Wildman–Crippen LogP) is 24.3. The molecule has 89 heavy (non-hydrogen) atoms. The summed E-state index contributed by atoms with van der Waals surface area (Å²) in [6.45, 7) is 41.5. The van der Waals surface area contributed by atoms with E-state index < -0.39 is 0 Å². The van der Waals surface area contributed by atoms with E-state index >= 15 is 0 Å². The Bertz CT molecular complexity index is 4630. The van der Waals surface area contributed by atoms with Crippen LogP contribution in [0.2, 0.25) is 0 Å². The number of pyridine rings is 2. The van der Waals surface area contributed by atoms with Crippen LogP contribution in [0.1, 0.15) is 184 Å². The van der Waals surface area contributed by atoms with Gasteiger partial charge in [-0.15, -0.1) is 58.6 Å². The number of benzene rings is 8. The SMILES string of the molecule is CCC(C)(CC)C(=O)/C=C(\O)C(C)(CC)CC.[2H]c1nc2c3c(cc4c(CC(C)(C)C)cccc4c3c1[2H])Sc1c-2[c-]c2cc(C)ccc2c1CC(C)(C)C.[2H]c1nc2c3c(cc4c(CC(C)(C)C)cccc4c3c1[2H])Sc1c-2[c-]c2ccccc2c1CC(C)(C)C.[Ir]. The molecule has 0 saturated heterocycles. The molecule has 4 heterocycles. The topological polar surface area (TPSA) is 63.1 Å². The van der Waals surface area contributed by atoms with Gasteiger partial charge in [0.1, 0.15) is 5.76 Å². The Morgan fingerprint density at radius 2 is 0.921 bits per heavy atom. The van der Waals surface area contributed by atoms with Crippen LogP contribution >= 0.6 is 23.5 Å². The summed E-state index contributed by atoms with van der Waals surface area (Å²) in [5.41, 5.74) is 9.87. The van der Waals surface area contributed by atoms with E-state index in [1.807, 2.05) is 41.5 Å². The Morgan fingerprint density at radius 3 is 1.36 bits per heavy atom. The van der Waals surface area contributed by atoms with Gasteiger partial charge in [0.05, 0.1) is 5.48 Å². The first kappa shape index (κ1) is 62.0. The van der Waals surface area contributed by atoms with Crippen molar-refractivity contribution in [2.75, 3.05) is 0 Å². The molecule has 2 aromatic heterocycles. The first-order valence-electron chi connectivity index (χ1n) is 34.0. The summed E-state index contributed by atoms with van der Waals surface area (Å²) >= 11 is 3.60. The number of rotatable bonds is 11. The molecule has 0 unspecified atom stereocenters. The second-order valence-electron chi connectivity index (χ2n) is 30.5. The number of aliphatic hydroxyl groups excluding tert-OH is 1. The maximum absolute atomic E-state index is 12.2. The molecule has 10 aromatic rings. The summed E-state index contributed by atoms with van der Waals surface area (Å²) < 4.78 is 35.3. The Hall–Kier alpha value is -5.82. The number of fused-ring (bicyclic) bond motifs is 10. The van der Waals surface area contributed by atoms with Crippen LogP contribution in [0.25, 0.3) is 87.1 Å². The van der Waals surface area contributed by atoms with Crippen molar-refractivity contribution in [3.05, 3.63) is 167 Å². The van der Waals surface area contributed by atoms with E-state index in [9.17, 15) is 9.90 Å². The summed E-state index contributed by atoms with van der Waals surface area (Å²) in [6.07, 6.45) is 8.57. The summed E-state index contributed by atoms with van der Waals surface area (Å²) in [6, 6.07) is 40.4. The maximum Gasteiger partial charge on any atom is 0.164 e. The third-order valence-corrected chi connectivity index (χ3v) is 20.7. The standard InChI is InChI=1S/C34H34NS.C33H32NS.C15H28O2.Ir/c1-20-11-12-23-22(15-20)16-27-31-30-25(13-14-35-31)24-10-8-9-21(18-33(2,3)4)26(24)17-29(30)36-32(27)28(23)19-34(5,6)7;1-32(2,3)18-21-11-9-13-23-24-14-15-34-30-26-16-20-10-7-8-12-22(20)27(19-33(4,5)6)31(26)35-28(29(24)30)17-25(21)23;1-7-14(5,8-2)12(16)11-13(17)15(6,9-3)10-4;/h8-15,17H,18-19H2,1-7H3;7-15,17H,18-19H2,1-6H3;11,16H,7-10H2,1-6H3;/q2*-1;;/b;;12-11-;/i13D,14D;14D,15D;;. The van der Waals surface area contributed by atoms with Crippen molar-refractivity contribution in [2.24, 2.45) is 32.5 Å². The second kappa shape index (κ2) is 25.7. The van der Waals surface area contributed by atoms with Gasteiger partial charge in [0.15, 0.2) is 5.78 Å². The van der Waals surface area contributed by atoms with Gasteiger partial charge in [0, 0.05) is 70.5 Å². The molecule has 1 radical (unpaired) electrons. The van der Waals surface area contributed by atoms with Gasteiger partial charge < -0.3 is 5.11 Å². The molecular weight excluding hydrogens is 1300 g/mol. The van der Waals surface area contributed by atoms with E-state index in [-0.39, 0.29) is 88.6 Å². The molecule has 2 aliphatic rings. The number of hydrogen-bond acceptors (Lipinski definition) is 6. The van der Waals surface area contributed by atoms with E-state index in [4.69, 9.17) is 15.5 Å². The number of carbonyl (C=O) groups excluding carboxylic acids is 1. The number of aryl methyl sites for hydroxylation is 1. The van der Waals surface area contributed by atoms with Gasteiger partial charge in [-0.05, 0) is 168 Å². The zero-order valence-electron chi connectivity index (χ0n) is 60.3. The molecule has 7 heteroatoms. The van der Waals surface area contributed by atoms with Gasteiger partial charge in [-0.1, -0.05) is 230 Å². The van der Waals surface area contributed by atoms with Crippen molar-refractivity contribution < 1.29 is 35.5 Å². The number of ketones is 1. The second-order valence-corrected chi connectivity index (χ2v) is 32.6. The molecule has 0 fully saturated rings. The van der Waals surface area contributed by atoms with Crippen LogP contribution in [0.5, 0.6) is 0 Å². The first-order valence-corrected chi connectivity index (χ1v) is 33.6. The van der Waals surface area contributed by atoms with Crippen LogP contribution in [-0.4, -0.2) is 20.9 Å². The van der Waals surface area contributed by atoms with Crippen LogP contribution in [-0.2, 0) is 50.6 Å². The molecule has 0 spiro atoms. The Morgan fingerprint density at radius 1 is 0.506 bits per heavy atom. The van der Waals surface area contributed by atoms with Crippen LogP contribution in [0.15, 0.2) is 147 Å².